The summed E-state index contributed by atoms with van der Waals surface area (Å²) in [5.41, 5.74) is 1.70. The Kier molecular flexibility index (Phi) is 5.42. The smallest absolute Gasteiger partial charge is 0.328 e. The number of ether oxygens (including phenoxy) is 1. The second-order valence-corrected chi connectivity index (χ2v) is 4.80. The molecule has 2 aromatic rings. The minimum atomic E-state index is -0.819. The third-order valence-electron chi connectivity index (χ3n) is 3.24. The van der Waals surface area contributed by atoms with Gasteiger partial charge in [0.2, 0.25) is 0 Å². The minimum Gasteiger partial charge on any atom is -0.467 e. The number of esters is 1. The summed E-state index contributed by atoms with van der Waals surface area (Å²) >= 11 is 0. The van der Waals surface area contributed by atoms with E-state index in [1.807, 2.05) is 6.07 Å². The van der Waals surface area contributed by atoms with Crippen molar-refractivity contribution in [1.29, 1.82) is 5.26 Å². The molecule has 0 aliphatic heterocycles. The molecule has 0 spiro atoms. The summed E-state index contributed by atoms with van der Waals surface area (Å²) < 4.78 is 4.74. The van der Waals surface area contributed by atoms with Crippen LogP contribution in [0.15, 0.2) is 48.8 Å². The molecule has 23 heavy (non-hydrogen) atoms. The Morgan fingerprint density at radius 3 is 2.61 bits per heavy atom. The number of hydrogen-bond donors (Lipinski definition) is 1. The van der Waals surface area contributed by atoms with Gasteiger partial charge in [0.25, 0.3) is 5.91 Å². The molecule has 1 atom stereocenters. The van der Waals surface area contributed by atoms with Gasteiger partial charge in [-0.2, -0.15) is 5.26 Å². The minimum absolute atomic E-state index is 0.268. The quantitative estimate of drug-likeness (QED) is 0.844. The highest BCUT2D eigenvalue weighted by Gasteiger charge is 2.22. The van der Waals surface area contributed by atoms with Crippen molar-refractivity contribution in [1.82, 2.24) is 10.3 Å². The average molecular weight is 309 g/mol. The highest BCUT2D eigenvalue weighted by atomic mass is 16.5. The molecule has 1 aromatic heterocycles. The number of aromatic nitrogens is 1. The van der Waals surface area contributed by atoms with Crippen LogP contribution in [-0.4, -0.2) is 30.0 Å². The number of nitriles is 1. The topological polar surface area (TPSA) is 92.1 Å². The van der Waals surface area contributed by atoms with Crippen LogP contribution in [0.25, 0.3) is 0 Å². The van der Waals surface area contributed by atoms with Crippen LogP contribution < -0.4 is 5.32 Å². The van der Waals surface area contributed by atoms with Gasteiger partial charge in [0.1, 0.15) is 6.04 Å². The largest absolute Gasteiger partial charge is 0.467 e. The summed E-state index contributed by atoms with van der Waals surface area (Å²) in [6.07, 6.45) is 3.25. The summed E-state index contributed by atoms with van der Waals surface area (Å²) in [7, 11) is 1.27. The van der Waals surface area contributed by atoms with Crippen LogP contribution in [-0.2, 0) is 16.0 Å². The highest BCUT2D eigenvalue weighted by Crippen LogP contribution is 2.08. The molecule has 2 rings (SSSR count). The molecular weight excluding hydrogens is 294 g/mol. The summed E-state index contributed by atoms with van der Waals surface area (Å²) in [4.78, 5) is 27.9. The first-order chi connectivity index (χ1) is 11.1. The fourth-order valence-electron chi connectivity index (χ4n) is 2.03. The lowest BCUT2D eigenvalue weighted by atomic mass is 10.0. The lowest BCUT2D eigenvalue weighted by Gasteiger charge is -2.16. The number of amides is 1. The van der Waals surface area contributed by atoms with Gasteiger partial charge in [-0.05, 0) is 29.8 Å². The van der Waals surface area contributed by atoms with Crippen LogP contribution in [0.3, 0.4) is 0 Å². The standard InChI is InChI=1S/C17H15N3O3/c1-23-17(22)15(9-12-4-6-13(10-18)7-5-12)20-16(21)14-3-2-8-19-11-14/h2-8,11,15H,9H2,1H3,(H,20,21)/t15-/m0/s1. The predicted molar refractivity (Wildman–Crippen MR) is 82.4 cm³/mol. The number of nitrogens with zero attached hydrogens (tertiary/aromatic N) is 2. The van der Waals surface area contributed by atoms with Crippen molar-refractivity contribution in [2.24, 2.45) is 0 Å². The number of carbonyl (C=O) groups is 2. The van der Waals surface area contributed by atoms with E-state index in [0.717, 1.165) is 5.56 Å². The number of hydrogen-bond acceptors (Lipinski definition) is 5. The fourth-order valence-corrected chi connectivity index (χ4v) is 2.03. The maximum Gasteiger partial charge on any atom is 0.328 e. The van der Waals surface area contributed by atoms with Gasteiger partial charge in [-0.25, -0.2) is 4.79 Å². The van der Waals surface area contributed by atoms with Gasteiger partial charge in [-0.3, -0.25) is 9.78 Å². The lowest BCUT2D eigenvalue weighted by Crippen LogP contribution is -2.43. The molecule has 116 valence electrons. The molecule has 0 bridgehead atoms. The summed E-state index contributed by atoms with van der Waals surface area (Å²) in [5, 5.41) is 11.4. The Morgan fingerprint density at radius 1 is 1.30 bits per heavy atom. The van der Waals surface area contributed by atoms with E-state index in [1.165, 1.54) is 13.3 Å². The van der Waals surface area contributed by atoms with Crippen molar-refractivity contribution < 1.29 is 14.3 Å². The first-order valence-corrected chi connectivity index (χ1v) is 6.92. The molecule has 0 saturated carbocycles. The zero-order valence-corrected chi connectivity index (χ0v) is 12.5. The molecule has 0 saturated heterocycles. The molecule has 1 amide bonds. The molecule has 0 aliphatic carbocycles. The van der Waals surface area contributed by atoms with Crippen LogP contribution in [0.4, 0.5) is 0 Å². The predicted octanol–water partition coefficient (Wildman–Crippen LogP) is 1.47. The second-order valence-electron chi connectivity index (χ2n) is 4.80. The van der Waals surface area contributed by atoms with E-state index in [2.05, 4.69) is 10.3 Å². The van der Waals surface area contributed by atoms with Crippen LogP contribution >= 0.6 is 0 Å². The Balaban J connectivity index is 2.12. The van der Waals surface area contributed by atoms with Crippen LogP contribution in [0.5, 0.6) is 0 Å². The number of nitrogens with one attached hydrogen (secondary N) is 1. The Bertz CT molecular complexity index is 721. The molecule has 1 heterocycles. The first-order valence-electron chi connectivity index (χ1n) is 6.92. The van der Waals surface area contributed by atoms with Crippen molar-refractivity contribution >= 4 is 11.9 Å². The number of benzene rings is 1. The van der Waals surface area contributed by atoms with Crippen molar-refractivity contribution in [3.05, 3.63) is 65.5 Å². The molecule has 6 nitrogen and oxygen atoms in total. The van der Waals surface area contributed by atoms with E-state index in [-0.39, 0.29) is 6.42 Å². The maximum atomic E-state index is 12.2. The number of carbonyl (C=O) groups excluding carboxylic acids is 2. The van der Waals surface area contributed by atoms with E-state index < -0.39 is 17.9 Å². The third-order valence-corrected chi connectivity index (χ3v) is 3.24. The van der Waals surface area contributed by atoms with Crippen LogP contribution in [0, 0.1) is 11.3 Å². The van der Waals surface area contributed by atoms with Gasteiger partial charge in [-0.1, -0.05) is 12.1 Å². The number of rotatable bonds is 5. The van der Waals surface area contributed by atoms with Crippen LogP contribution in [0.1, 0.15) is 21.5 Å². The van der Waals surface area contributed by atoms with Crippen LogP contribution in [0.2, 0.25) is 0 Å². The highest BCUT2D eigenvalue weighted by molar-refractivity contribution is 5.96. The Morgan fingerprint density at radius 2 is 2.04 bits per heavy atom. The molecular formula is C17H15N3O3. The zero-order valence-electron chi connectivity index (χ0n) is 12.5. The molecule has 0 radical (unpaired) electrons. The molecule has 0 fully saturated rings. The molecule has 1 N–H and O–H groups in total. The number of methoxy groups -OCH3 is 1. The van der Waals surface area contributed by atoms with E-state index in [1.54, 1.807) is 42.6 Å². The maximum absolute atomic E-state index is 12.2. The van der Waals surface area contributed by atoms with Gasteiger partial charge < -0.3 is 10.1 Å². The SMILES string of the molecule is COC(=O)[C@H](Cc1ccc(C#N)cc1)NC(=O)c1cccnc1. The van der Waals surface area contributed by atoms with Crippen molar-refractivity contribution in [3.8, 4) is 6.07 Å². The Hall–Kier alpha value is -3.20. The summed E-state index contributed by atoms with van der Waals surface area (Å²) in [6, 6.07) is 11.3. The van der Waals surface area contributed by atoms with Gasteiger partial charge in [-0.15, -0.1) is 0 Å². The monoisotopic (exact) mass is 309 g/mol. The van der Waals surface area contributed by atoms with Crippen molar-refractivity contribution in [2.75, 3.05) is 7.11 Å². The average Bonchev–Trinajstić information content (AvgIpc) is 2.61. The van der Waals surface area contributed by atoms with Gasteiger partial charge in [0.15, 0.2) is 0 Å². The molecule has 0 aliphatic rings. The third kappa shape index (κ3) is 4.38. The van der Waals surface area contributed by atoms with Gasteiger partial charge >= 0.3 is 5.97 Å². The van der Waals surface area contributed by atoms with Gasteiger partial charge in [0.05, 0.1) is 24.3 Å². The van der Waals surface area contributed by atoms with E-state index in [4.69, 9.17) is 10.00 Å². The van der Waals surface area contributed by atoms with E-state index in [0.29, 0.717) is 11.1 Å². The van der Waals surface area contributed by atoms with E-state index >= 15 is 0 Å². The van der Waals surface area contributed by atoms with Crippen molar-refractivity contribution in [2.45, 2.75) is 12.5 Å². The van der Waals surface area contributed by atoms with Gasteiger partial charge in [0, 0.05) is 18.8 Å². The Labute approximate surface area is 133 Å². The summed E-state index contributed by atoms with van der Waals surface area (Å²) in [6.45, 7) is 0. The fraction of sp³-hybridized carbons (Fsp3) is 0.176. The first kappa shape index (κ1) is 16.2. The number of pyridine rings is 1. The van der Waals surface area contributed by atoms with E-state index in [9.17, 15) is 9.59 Å². The lowest BCUT2D eigenvalue weighted by molar-refractivity contribution is -0.142. The summed E-state index contributed by atoms with van der Waals surface area (Å²) in [5.74, 6) is -0.936. The van der Waals surface area contributed by atoms with Crippen molar-refractivity contribution in [3.63, 3.8) is 0 Å². The molecule has 6 heteroatoms. The molecule has 1 aromatic carbocycles. The molecule has 0 unspecified atom stereocenters. The zero-order chi connectivity index (χ0) is 16.7. The second kappa shape index (κ2) is 7.71. The normalized spacial score (nSPS) is 11.1.